The number of aromatic nitrogens is 5. The van der Waals surface area contributed by atoms with E-state index in [9.17, 15) is 4.79 Å². The van der Waals surface area contributed by atoms with Crippen molar-refractivity contribution in [1.29, 1.82) is 5.41 Å². The summed E-state index contributed by atoms with van der Waals surface area (Å²) < 4.78 is 7.66. The Morgan fingerprint density at radius 2 is 2.10 bits per heavy atom. The van der Waals surface area contributed by atoms with E-state index in [2.05, 4.69) is 46.7 Å². The van der Waals surface area contributed by atoms with Crippen LogP contribution in [0.15, 0.2) is 59.1 Å². The van der Waals surface area contributed by atoms with Crippen LogP contribution in [0.2, 0.25) is 0 Å². The third-order valence-corrected chi connectivity index (χ3v) is 4.62. The van der Waals surface area contributed by atoms with Crippen molar-refractivity contribution >= 4 is 39.4 Å². The largest absolute Gasteiger partial charge is 0.481 e. The number of hydrogen-bond acceptors (Lipinski definition) is 8. The number of nitrogens with zero attached hydrogens (tertiary/aromatic N) is 5. The highest BCUT2D eigenvalue weighted by atomic mass is 79.9. The second-order valence-corrected chi connectivity index (χ2v) is 7.53. The molecule has 3 aromatic rings. The predicted molar refractivity (Wildman–Crippen MR) is 121 cm³/mol. The first-order chi connectivity index (χ1) is 14.9. The van der Waals surface area contributed by atoms with Crippen LogP contribution in [0.5, 0.6) is 0 Å². The number of carbonyl (C=O) groups excluding carboxylic acids is 1. The molecule has 31 heavy (non-hydrogen) atoms. The Hall–Kier alpha value is -3.60. The van der Waals surface area contributed by atoms with Gasteiger partial charge < -0.3 is 19.9 Å². The average Bonchev–Trinajstić information content (AvgIpc) is 3.24. The van der Waals surface area contributed by atoms with Crippen LogP contribution in [-0.4, -0.2) is 43.6 Å². The highest BCUT2D eigenvalue weighted by Gasteiger charge is 2.18. The van der Waals surface area contributed by atoms with E-state index in [4.69, 9.17) is 10.1 Å². The van der Waals surface area contributed by atoms with Crippen LogP contribution >= 0.6 is 15.9 Å². The van der Waals surface area contributed by atoms with Crippen LogP contribution < -0.4 is 10.6 Å². The Labute approximate surface area is 187 Å². The van der Waals surface area contributed by atoms with Gasteiger partial charge in [-0.05, 0) is 38.1 Å². The number of halogens is 1. The Kier molecular flexibility index (Phi) is 7.08. The molecule has 0 atom stereocenters. The van der Waals surface area contributed by atoms with Crippen LogP contribution in [0.3, 0.4) is 0 Å². The molecule has 3 aromatic heterocycles. The quantitative estimate of drug-likeness (QED) is 0.265. The molecule has 0 unspecified atom stereocenters. The van der Waals surface area contributed by atoms with E-state index in [1.807, 2.05) is 18.4 Å². The normalized spacial score (nSPS) is 11.3. The second kappa shape index (κ2) is 9.94. The van der Waals surface area contributed by atoms with Gasteiger partial charge in [-0.3, -0.25) is 10.2 Å². The maximum absolute atomic E-state index is 12.8. The van der Waals surface area contributed by atoms with Crippen LogP contribution in [0.25, 0.3) is 11.5 Å². The Morgan fingerprint density at radius 1 is 1.29 bits per heavy atom. The monoisotopic (exact) mass is 484 g/mol. The predicted octanol–water partition coefficient (Wildman–Crippen LogP) is 3.64. The highest BCUT2D eigenvalue weighted by molar-refractivity contribution is 9.10. The molecule has 3 heterocycles. The molecule has 0 aliphatic rings. The molecule has 0 radical (unpaired) electrons. The number of nitrogens with one attached hydrogen (secondary N) is 3. The van der Waals surface area contributed by atoms with Crippen molar-refractivity contribution in [2.45, 2.75) is 19.9 Å². The molecule has 160 valence electrons. The summed E-state index contributed by atoms with van der Waals surface area (Å²) in [5.41, 5.74) is 0.537. The molecule has 0 aromatic carbocycles. The van der Waals surface area contributed by atoms with E-state index in [0.29, 0.717) is 23.2 Å². The molecule has 0 saturated heterocycles. The van der Waals surface area contributed by atoms with Gasteiger partial charge in [-0.25, -0.2) is 9.97 Å². The summed E-state index contributed by atoms with van der Waals surface area (Å²) in [6.45, 7) is 4.03. The summed E-state index contributed by atoms with van der Waals surface area (Å²) in [5.74, 6) is 0.516. The van der Waals surface area contributed by atoms with Crippen LogP contribution in [-0.2, 0) is 9.53 Å². The van der Waals surface area contributed by atoms with Crippen molar-refractivity contribution in [3.63, 3.8) is 0 Å². The van der Waals surface area contributed by atoms with Crippen molar-refractivity contribution in [2.24, 2.45) is 0 Å². The first-order valence-electron chi connectivity index (χ1n) is 9.28. The third-order valence-electron chi connectivity index (χ3n) is 4.13. The summed E-state index contributed by atoms with van der Waals surface area (Å²) in [6, 6.07) is 8.85. The van der Waals surface area contributed by atoms with Crippen molar-refractivity contribution in [3.8, 4) is 11.5 Å². The SMILES string of the molecule is COC(=N)/C(=C\Nc1cc(Br)ccn1)C(=O)Nc1cccc(-c2nncn2C(C)C)n1. The fourth-order valence-electron chi connectivity index (χ4n) is 2.59. The van der Waals surface area contributed by atoms with E-state index in [-0.39, 0.29) is 17.5 Å². The van der Waals surface area contributed by atoms with Crippen LogP contribution in [0, 0.1) is 5.41 Å². The Bertz CT molecular complexity index is 1130. The maximum atomic E-state index is 12.8. The van der Waals surface area contributed by atoms with Crippen molar-refractivity contribution in [2.75, 3.05) is 17.7 Å². The molecule has 10 nitrogen and oxygen atoms in total. The van der Waals surface area contributed by atoms with Gasteiger partial charge in [0.05, 0.1) is 7.11 Å². The van der Waals surface area contributed by atoms with Gasteiger partial charge in [0.1, 0.15) is 29.2 Å². The number of amides is 1. The summed E-state index contributed by atoms with van der Waals surface area (Å²) >= 11 is 3.36. The second-order valence-electron chi connectivity index (χ2n) is 6.61. The Balaban J connectivity index is 1.82. The zero-order valence-electron chi connectivity index (χ0n) is 17.1. The topological polar surface area (TPSA) is 131 Å². The summed E-state index contributed by atoms with van der Waals surface area (Å²) in [5, 5.41) is 21.6. The van der Waals surface area contributed by atoms with E-state index < -0.39 is 5.91 Å². The lowest BCUT2D eigenvalue weighted by Crippen LogP contribution is -2.22. The molecule has 0 aliphatic carbocycles. The molecule has 0 saturated carbocycles. The minimum atomic E-state index is -0.565. The van der Waals surface area contributed by atoms with Gasteiger partial charge in [-0.1, -0.05) is 22.0 Å². The molecule has 0 spiro atoms. The van der Waals surface area contributed by atoms with Crippen LogP contribution in [0.4, 0.5) is 11.6 Å². The molecule has 3 rings (SSSR count). The summed E-state index contributed by atoms with van der Waals surface area (Å²) in [7, 11) is 1.32. The summed E-state index contributed by atoms with van der Waals surface area (Å²) in [6.07, 6.45) is 4.59. The van der Waals surface area contributed by atoms with Gasteiger partial charge in [0.15, 0.2) is 5.82 Å². The molecule has 0 aliphatic heterocycles. The number of carbonyl (C=O) groups is 1. The van der Waals surface area contributed by atoms with Crippen LogP contribution in [0.1, 0.15) is 19.9 Å². The first kappa shape index (κ1) is 22.1. The van der Waals surface area contributed by atoms with Gasteiger partial charge in [-0.2, -0.15) is 0 Å². The molecule has 3 N–H and O–H groups in total. The molecular weight excluding hydrogens is 464 g/mol. The number of rotatable bonds is 7. The Morgan fingerprint density at radius 3 is 2.81 bits per heavy atom. The van der Waals surface area contributed by atoms with Crippen molar-refractivity contribution in [1.82, 2.24) is 24.7 Å². The maximum Gasteiger partial charge on any atom is 0.263 e. The number of ether oxygens (including phenoxy) is 1. The van der Waals surface area contributed by atoms with Gasteiger partial charge in [0.25, 0.3) is 5.91 Å². The minimum absolute atomic E-state index is 0.0261. The lowest BCUT2D eigenvalue weighted by atomic mass is 10.2. The molecule has 0 fully saturated rings. The number of methoxy groups -OCH3 is 1. The minimum Gasteiger partial charge on any atom is -0.481 e. The first-order valence-corrected chi connectivity index (χ1v) is 10.1. The zero-order chi connectivity index (χ0) is 22.4. The fourth-order valence-corrected chi connectivity index (χ4v) is 2.93. The lowest BCUT2D eigenvalue weighted by molar-refractivity contribution is -0.112. The van der Waals surface area contributed by atoms with E-state index in [0.717, 1.165) is 4.47 Å². The van der Waals surface area contributed by atoms with Crippen molar-refractivity contribution < 1.29 is 9.53 Å². The fraction of sp³-hybridized carbons (Fsp3) is 0.200. The smallest absolute Gasteiger partial charge is 0.263 e. The third kappa shape index (κ3) is 5.51. The number of pyridine rings is 2. The van der Waals surface area contributed by atoms with Gasteiger partial charge in [-0.15, -0.1) is 10.2 Å². The van der Waals surface area contributed by atoms with Gasteiger partial charge in [0, 0.05) is 22.9 Å². The molecule has 11 heteroatoms. The zero-order valence-corrected chi connectivity index (χ0v) is 18.7. The number of hydrogen-bond donors (Lipinski definition) is 3. The van der Waals surface area contributed by atoms with Gasteiger partial charge >= 0.3 is 0 Å². The lowest BCUT2D eigenvalue weighted by Gasteiger charge is -2.12. The molecular formula is C20H21BrN8O2. The average molecular weight is 485 g/mol. The summed E-state index contributed by atoms with van der Waals surface area (Å²) in [4.78, 5) is 21.4. The standard InChI is InChI=1S/C20H21BrN8O2/c1-12(2)29-11-25-28-19(29)15-5-4-6-16(26-15)27-20(30)14(18(22)31-3)10-24-17-9-13(21)7-8-23-17/h4-12,22H,1-3H3,(H,23,24)(H,26,27,30)/b14-10+,22-18?. The van der Waals surface area contributed by atoms with Crippen molar-refractivity contribution in [3.05, 3.63) is 59.1 Å². The highest BCUT2D eigenvalue weighted by Crippen LogP contribution is 2.20. The number of anilines is 2. The van der Waals surface area contributed by atoms with E-state index in [1.54, 1.807) is 42.9 Å². The van der Waals surface area contributed by atoms with E-state index in [1.165, 1.54) is 13.3 Å². The van der Waals surface area contributed by atoms with E-state index >= 15 is 0 Å². The van der Waals surface area contributed by atoms with Gasteiger partial charge in [0.2, 0.25) is 5.90 Å². The molecule has 0 bridgehead atoms. The molecule has 1 amide bonds.